The fourth-order valence-electron chi connectivity index (χ4n) is 3.01. The molecule has 1 heterocycles. The van der Waals surface area contributed by atoms with E-state index in [1.165, 1.54) is 12.8 Å². The lowest BCUT2D eigenvalue weighted by molar-refractivity contribution is -0.144. The molecule has 7 heteroatoms. The van der Waals surface area contributed by atoms with Gasteiger partial charge in [0.05, 0.1) is 0 Å². The summed E-state index contributed by atoms with van der Waals surface area (Å²) < 4.78 is 0. The fraction of sp³-hybridized carbons (Fsp3) is 0.769. The van der Waals surface area contributed by atoms with Gasteiger partial charge in [0.15, 0.2) is 0 Å². The zero-order valence-electron chi connectivity index (χ0n) is 11.2. The van der Waals surface area contributed by atoms with Crippen molar-refractivity contribution in [3.63, 3.8) is 0 Å². The van der Waals surface area contributed by atoms with Crippen molar-refractivity contribution in [2.45, 2.75) is 31.7 Å². The second-order valence-corrected chi connectivity index (χ2v) is 6.08. The summed E-state index contributed by atoms with van der Waals surface area (Å²) in [5, 5.41) is 14.4. The largest absolute Gasteiger partial charge is 0.480 e. The third-order valence-corrected chi connectivity index (χ3v) is 4.66. The van der Waals surface area contributed by atoms with E-state index in [-0.39, 0.29) is 24.4 Å². The summed E-state index contributed by atoms with van der Waals surface area (Å²) in [4.78, 5) is 35.7. The molecule has 1 unspecified atom stereocenters. The molecule has 0 aromatic heterocycles. The lowest BCUT2D eigenvalue weighted by Gasteiger charge is -2.33. The van der Waals surface area contributed by atoms with E-state index in [4.69, 9.17) is 5.11 Å². The first kappa shape index (κ1) is 13.2. The number of carbonyl (C=O) groups is 3. The van der Waals surface area contributed by atoms with Gasteiger partial charge in [-0.25, -0.2) is 9.59 Å². The standard InChI is InChI=1S/C13H19N3O4/c17-10-6-16(9(5-14-10)11(18)19)12(20)15-7-13(3-4-13)8-1-2-8/h8-9H,1-7H2,(H,14,17)(H,15,20)(H,18,19). The third-order valence-electron chi connectivity index (χ3n) is 4.66. The molecule has 3 fully saturated rings. The number of carbonyl (C=O) groups excluding carboxylic acids is 2. The van der Waals surface area contributed by atoms with Gasteiger partial charge >= 0.3 is 12.0 Å². The number of amides is 3. The summed E-state index contributed by atoms with van der Waals surface area (Å²) in [7, 11) is 0. The van der Waals surface area contributed by atoms with Crippen molar-refractivity contribution in [3.05, 3.63) is 0 Å². The van der Waals surface area contributed by atoms with Gasteiger partial charge < -0.3 is 15.7 Å². The van der Waals surface area contributed by atoms with Gasteiger partial charge in [-0.3, -0.25) is 9.69 Å². The molecule has 0 bridgehead atoms. The zero-order chi connectivity index (χ0) is 14.3. The molecule has 3 N–H and O–H groups in total. The summed E-state index contributed by atoms with van der Waals surface area (Å²) in [5.41, 5.74) is 0.256. The fourth-order valence-corrected chi connectivity index (χ4v) is 3.01. The second kappa shape index (κ2) is 4.64. The summed E-state index contributed by atoms with van der Waals surface area (Å²) in [5.74, 6) is -0.688. The first-order valence-electron chi connectivity index (χ1n) is 7.06. The van der Waals surface area contributed by atoms with Crippen LogP contribution in [0.5, 0.6) is 0 Å². The smallest absolute Gasteiger partial charge is 0.328 e. The average Bonchev–Trinajstić information content (AvgIpc) is 3.27. The van der Waals surface area contributed by atoms with Gasteiger partial charge in [0.25, 0.3) is 0 Å². The van der Waals surface area contributed by atoms with Gasteiger partial charge in [0.2, 0.25) is 5.91 Å². The number of aliphatic carboxylic acids is 1. The van der Waals surface area contributed by atoms with E-state index in [1.807, 2.05) is 0 Å². The van der Waals surface area contributed by atoms with Crippen LogP contribution in [0.15, 0.2) is 0 Å². The second-order valence-electron chi connectivity index (χ2n) is 6.08. The number of carboxylic acids is 1. The lowest BCUT2D eigenvalue weighted by atomic mass is 10.0. The van der Waals surface area contributed by atoms with E-state index in [1.54, 1.807) is 0 Å². The molecule has 2 aliphatic carbocycles. The molecule has 0 radical (unpaired) electrons. The third kappa shape index (κ3) is 2.44. The molecular formula is C13H19N3O4. The van der Waals surface area contributed by atoms with Crippen molar-refractivity contribution in [2.24, 2.45) is 11.3 Å². The van der Waals surface area contributed by atoms with Gasteiger partial charge in [0, 0.05) is 13.1 Å². The Labute approximate surface area is 116 Å². The van der Waals surface area contributed by atoms with Gasteiger partial charge in [-0.1, -0.05) is 0 Å². The number of nitrogens with zero attached hydrogens (tertiary/aromatic N) is 1. The highest BCUT2D eigenvalue weighted by atomic mass is 16.4. The summed E-state index contributed by atoms with van der Waals surface area (Å²) >= 11 is 0. The van der Waals surface area contributed by atoms with Crippen LogP contribution in [0.2, 0.25) is 0 Å². The van der Waals surface area contributed by atoms with E-state index in [2.05, 4.69) is 10.6 Å². The Morgan fingerprint density at radius 3 is 2.65 bits per heavy atom. The van der Waals surface area contributed by atoms with Crippen LogP contribution < -0.4 is 10.6 Å². The predicted molar refractivity (Wildman–Crippen MR) is 68.9 cm³/mol. The summed E-state index contributed by atoms with van der Waals surface area (Å²) in [6, 6.07) is -1.43. The van der Waals surface area contributed by atoms with Crippen molar-refractivity contribution in [1.82, 2.24) is 15.5 Å². The monoisotopic (exact) mass is 281 g/mol. The minimum absolute atomic E-state index is 0.0324. The van der Waals surface area contributed by atoms with E-state index >= 15 is 0 Å². The Hall–Kier alpha value is -1.79. The molecule has 1 saturated heterocycles. The minimum Gasteiger partial charge on any atom is -0.480 e. The van der Waals surface area contributed by atoms with Crippen LogP contribution in [-0.4, -0.2) is 53.6 Å². The van der Waals surface area contributed by atoms with E-state index in [0.717, 1.165) is 23.7 Å². The molecule has 0 aromatic carbocycles. The quantitative estimate of drug-likeness (QED) is 0.663. The molecule has 3 aliphatic rings. The molecule has 110 valence electrons. The van der Waals surface area contributed by atoms with Crippen LogP contribution >= 0.6 is 0 Å². The van der Waals surface area contributed by atoms with Crippen molar-refractivity contribution < 1.29 is 19.5 Å². The molecule has 7 nitrogen and oxygen atoms in total. The Morgan fingerprint density at radius 1 is 1.40 bits per heavy atom. The topological polar surface area (TPSA) is 98.7 Å². The molecule has 1 aliphatic heterocycles. The highest BCUT2D eigenvalue weighted by Gasteiger charge is 2.53. The van der Waals surface area contributed by atoms with Gasteiger partial charge in [0.1, 0.15) is 12.6 Å². The lowest BCUT2D eigenvalue weighted by Crippen LogP contribution is -2.61. The first-order valence-corrected chi connectivity index (χ1v) is 7.06. The molecule has 2 saturated carbocycles. The first-order chi connectivity index (χ1) is 9.52. The molecule has 20 heavy (non-hydrogen) atoms. The Bertz CT molecular complexity index is 457. The predicted octanol–water partition coefficient (Wildman–Crippen LogP) is -0.229. The molecule has 0 aromatic rings. The maximum atomic E-state index is 12.1. The van der Waals surface area contributed by atoms with Crippen LogP contribution in [-0.2, 0) is 9.59 Å². The Balaban J connectivity index is 1.59. The van der Waals surface area contributed by atoms with Gasteiger partial charge in [-0.2, -0.15) is 0 Å². The molecule has 1 atom stereocenters. The van der Waals surface area contributed by atoms with Crippen molar-refractivity contribution in [2.75, 3.05) is 19.6 Å². The van der Waals surface area contributed by atoms with Crippen molar-refractivity contribution in [3.8, 4) is 0 Å². The SMILES string of the molecule is O=C1CN(C(=O)NCC2(C3CC3)CC2)C(C(=O)O)CN1. The van der Waals surface area contributed by atoms with E-state index < -0.39 is 18.0 Å². The summed E-state index contributed by atoms with van der Waals surface area (Å²) in [6.45, 7) is 0.371. The summed E-state index contributed by atoms with van der Waals surface area (Å²) in [6.07, 6.45) is 4.75. The Kier molecular flexibility index (Phi) is 3.07. The van der Waals surface area contributed by atoms with Crippen LogP contribution in [0, 0.1) is 11.3 Å². The van der Waals surface area contributed by atoms with Crippen LogP contribution in [0.3, 0.4) is 0 Å². The maximum absolute atomic E-state index is 12.1. The molecule has 3 rings (SSSR count). The number of nitrogens with one attached hydrogen (secondary N) is 2. The average molecular weight is 281 g/mol. The minimum atomic E-state index is -1.09. The zero-order valence-corrected chi connectivity index (χ0v) is 11.2. The van der Waals surface area contributed by atoms with Crippen molar-refractivity contribution >= 4 is 17.9 Å². The Morgan fingerprint density at radius 2 is 2.10 bits per heavy atom. The highest BCUT2D eigenvalue weighted by Crippen LogP contribution is 2.60. The number of carboxylic acid groups (broad SMARTS) is 1. The van der Waals surface area contributed by atoms with Crippen LogP contribution in [0.1, 0.15) is 25.7 Å². The van der Waals surface area contributed by atoms with Crippen LogP contribution in [0.4, 0.5) is 4.79 Å². The van der Waals surface area contributed by atoms with Gasteiger partial charge in [-0.05, 0) is 37.0 Å². The normalized spacial score (nSPS) is 27.7. The highest BCUT2D eigenvalue weighted by molar-refractivity contribution is 5.90. The number of piperazine rings is 1. The molecule has 3 amide bonds. The molecular weight excluding hydrogens is 262 g/mol. The number of rotatable bonds is 4. The molecule has 0 spiro atoms. The number of hydrogen-bond donors (Lipinski definition) is 3. The van der Waals surface area contributed by atoms with Gasteiger partial charge in [-0.15, -0.1) is 0 Å². The maximum Gasteiger partial charge on any atom is 0.328 e. The number of hydrogen-bond acceptors (Lipinski definition) is 3. The van der Waals surface area contributed by atoms with E-state index in [9.17, 15) is 14.4 Å². The van der Waals surface area contributed by atoms with E-state index in [0.29, 0.717) is 6.54 Å². The number of urea groups is 1. The van der Waals surface area contributed by atoms with Crippen molar-refractivity contribution in [1.29, 1.82) is 0 Å². The van der Waals surface area contributed by atoms with Crippen LogP contribution in [0.25, 0.3) is 0 Å².